The van der Waals surface area contributed by atoms with Gasteiger partial charge in [0.05, 0.1) is 6.10 Å². The molecule has 1 heterocycles. The maximum atomic E-state index is 10.7. The molecule has 0 aromatic heterocycles. The highest BCUT2D eigenvalue weighted by Crippen LogP contribution is 2.21. The van der Waals surface area contributed by atoms with E-state index >= 15 is 0 Å². The van der Waals surface area contributed by atoms with Crippen molar-refractivity contribution < 1.29 is 14.6 Å². The summed E-state index contributed by atoms with van der Waals surface area (Å²) in [7, 11) is 0. The number of ether oxygens (including phenoxy) is 1. The van der Waals surface area contributed by atoms with Crippen molar-refractivity contribution in [2.24, 2.45) is 5.41 Å². The zero-order valence-electron chi connectivity index (χ0n) is 10.6. The maximum absolute atomic E-state index is 10.7. The molecular formula is C12H23NO3. The standard InChI is InChI=1S/C12H23NO3/c1-8(12(2,3)4)13-7-9-5-6-10(16-9)11(14)15/h8-10,13H,5-7H2,1-4H3,(H,14,15). The maximum Gasteiger partial charge on any atom is 0.332 e. The van der Waals surface area contributed by atoms with Crippen LogP contribution in [0.25, 0.3) is 0 Å². The van der Waals surface area contributed by atoms with Gasteiger partial charge in [0.15, 0.2) is 6.10 Å². The zero-order valence-corrected chi connectivity index (χ0v) is 10.6. The Hall–Kier alpha value is -0.610. The van der Waals surface area contributed by atoms with Gasteiger partial charge in [-0.1, -0.05) is 20.8 Å². The van der Waals surface area contributed by atoms with Crippen LogP contribution in [0.5, 0.6) is 0 Å². The minimum Gasteiger partial charge on any atom is -0.479 e. The number of rotatable bonds is 4. The monoisotopic (exact) mass is 229 g/mol. The second kappa shape index (κ2) is 5.15. The van der Waals surface area contributed by atoms with Gasteiger partial charge >= 0.3 is 5.97 Å². The molecule has 3 atom stereocenters. The summed E-state index contributed by atoms with van der Waals surface area (Å²) in [5, 5.41) is 12.2. The van der Waals surface area contributed by atoms with Crippen LogP contribution in [0.2, 0.25) is 0 Å². The Bertz CT molecular complexity index is 247. The lowest BCUT2D eigenvalue weighted by Gasteiger charge is -2.29. The smallest absolute Gasteiger partial charge is 0.332 e. The summed E-state index contributed by atoms with van der Waals surface area (Å²) in [5.74, 6) is -0.841. The first-order valence-corrected chi connectivity index (χ1v) is 5.92. The molecule has 0 aliphatic carbocycles. The molecule has 1 fully saturated rings. The van der Waals surface area contributed by atoms with Crippen LogP contribution in [-0.2, 0) is 9.53 Å². The van der Waals surface area contributed by atoms with Crippen LogP contribution in [-0.4, -0.2) is 35.9 Å². The summed E-state index contributed by atoms with van der Waals surface area (Å²) in [4.78, 5) is 10.7. The van der Waals surface area contributed by atoms with Gasteiger partial charge in [0.2, 0.25) is 0 Å². The average molecular weight is 229 g/mol. The number of aliphatic carboxylic acids is 1. The fourth-order valence-corrected chi connectivity index (χ4v) is 1.65. The molecule has 4 heteroatoms. The molecule has 0 bridgehead atoms. The van der Waals surface area contributed by atoms with Crippen molar-refractivity contribution in [1.29, 1.82) is 0 Å². The van der Waals surface area contributed by atoms with Gasteiger partial charge in [-0.2, -0.15) is 0 Å². The van der Waals surface area contributed by atoms with Crippen LogP contribution in [0.1, 0.15) is 40.5 Å². The number of carbonyl (C=O) groups is 1. The van der Waals surface area contributed by atoms with Crippen LogP contribution in [0.3, 0.4) is 0 Å². The number of carboxylic acid groups (broad SMARTS) is 1. The molecule has 94 valence electrons. The van der Waals surface area contributed by atoms with Crippen molar-refractivity contribution in [2.45, 2.75) is 58.8 Å². The summed E-state index contributed by atoms with van der Waals surface area (Å²) in [6.45, 7) is 9.42. The lowest BCUT2D eigenvalue weighted by atomic mass is 9.88. The van der Waals surface area contributed by atoms with E-state index < -0.39 is 12.1 Å². The molecule has 0 saturated carbocycles. The van der Waals surface area contributed by atoms with E-state index in [4.69, 9.17) is 9.84 Å². The van der Waals surface area contributed by atoms with E-state index in [0.29, 0.717) is 12.5 Å². The minimum atomic E-state index is -0.841. The Labute approximate surface area is 97.4 Å². The van der Waals surface area contributed by atoms with E-state index in [9.17, 15) is 4.79 Å². The second-order valence-electron chi connectivity index (χ2n) is 5.66. The van der Waals surface area contributed by atoms with E-state index in [1.165, 1.54) is 0 Å². The van der Waals surface area contributed by atoms with Crippen LogP contribution in [0.15, 0.2) is 0 Å². The molecule has 16 heavy (non-hydrogen) atoms. The van der Waals surface area contributed by atoms with Crippen LogP contribution in [0, 0.1) is 5.41 Å². The third kappa shape index (κ3) is 3.76. The highest BCUT2D eigenvalue weighted by Gasteiger charge is 2.31. The van der Waals surface area contributed by atoms with Gasteiger partial charge in [-0.05, 0) is 25.2 Å². The number of hydrogen-bond donors (Lipinski definition) is 2. The van der Waals surface area contributed by atoms with E-state index in [1.807, 2.05) is 0 Å². The van der Waals surface area contributed by atoms with Gasteiger partial charge in [-0.15, -0.1) is 0 Å². The van der Waals surface area contributed by atoms with Gasteiger partial charge in [0.25, 0.3) is 0 Å². The van der Waals surface area contributed by atoms with Crippen molar-refractivity contribution in [3.8, 4) is 0 Å². The molecule has 1 aliphatic heterocycles. The third-order valence-electron chi connectivity index (χ3n) is 3.33. The predicted molar refractivity (Wildman–Crippen MR) is 62.5 cm³/mol. The highest BCUT2D eigenvalue weighted by atomic mass is 16.5. The van der Waals surface area contributed by atoms with Crippen molar-refractivity contribution in [3.63, 3.8) is 0 Å². The molecule has 0 aromatic carbocycles. The Balaban J connectivity index is 2.28. The van der Waals surface area contributed by atoms with Crippen LogP contribution >= 0.6 is 0 Å². The first-order valence-electron chi connectivity index (χ1n) is 5.92. The Morgan fingerprint density at radius 3 is 2.56 bits per heavy atom. The molecule has 0 spiro atoms. The molecule has 0 amide bonds. The van der Waals surface area contributed by atoms with E-state index in [0.717, 1.165) is 13.0 Å². The lowest BCUT2D eigenvalue weighted by Crippen LogP contribution is -2.41. The summed E-state index contributed by atoms with van der Waals surface area (Å²) in [6.07, 6.45) is 0.912. The SMILES string of the molecule is CC(NCC1CCC(C(=O)O)O1)C(C)(C)C. The molecular weight excluding hydrogens is 206 g/mol. The molecule has 1 rings (SSSR count). The van der Waals surface area contributed by atoms with E-state index in [-0.39, 0.29) is 11.5 Å². The molecule has 4 nitrogen and oxygen atoms in total. The third-order valence-corrected chi connectivity index (χ3v) is 3.33. The fraction of sp³-hybridized carbons (Fsp3) is 0.917. The van der Waals surface area contributed by atoms with E-state index in [2.05, 4.69) is 33.0 Å². The van der Waals surface area contributed by atoms with Gasteiger partial charge in [-0.3, -0.25) is 0 Å². The molecule has 3 unspecified atom stereocenters. The highest BCUT2D eigenvalue weighted by molar-refractivity contribution is 5.72. The molecule has 1 aliphatic rings. The Kier molecular flexibility index (Phi) is 4.33. The second-order valence-corrected chi connectivity index (χ2v) is 5.66. The normalized spacial score (nSPS) is 28.0. The topological polar surface area (TPSA) is 58.6 Å². The predicted octanol–water partition coefficient (Wildman–Crippen LogP) is 1.64. The number of carboxylic acids is 1. The fourth-order valence-electron chi connectivity index (χ4n) is 1.65. The summed E-state index contributed by atoms with van der Waals surface area (Å²) >= 11 is 0. The van der Waals surface area contributed by atoms with Gasteiger partial charge < -0.3 is 15.2 Å². The summed E-state index contributed by atoms with van der Waals surface area (Å²) < 4.78 is 5.42. The van der Waals surface area contributed by atoms with Crippen molar-refractivity contribution >= 4 is 5.97 Å². The Morgan fingerprint density at radius 2 is 2.12 bits per heavy atom. The molecule has 0 aromatic rings. The average Bonchev–Trinajstić information content (AvgIpc) is 2.60. The lowest BCUT2D eigenvalue weighted by molar-refractivity contribution is -0.149. The molecule has 2 N–H and O–H groups in total. The van der Waals surface area contributed by atoms with E-state index in [1.54, 1.807) is 0 Å². The van der Waals surface area contributed by atoms with Crippen molar-refractivity contribution in [1.82, 2.24) is 5.32 Å². The van der Waals surface area contributed by atoms with Gasteiger partial charge in [0, 0.05) is 12.6 Å². The van der Waals surface area contributed by atoms with Gasteiger partial charge in [-0.25, -0.2) is 4.79 Å². The number of nitrogens with one attached hydrogen (secondary N) is 1. The Morgan fingerprint density at radius 1 is 1.50 bits per heavy atom. The first kappa shape index (κ1) is 13.5. The summed E-state index contributed by atoms with van der Waals surface area (Å²) in [6, 6.07) is 0.389. The molecule has 1 saturated heterocycles. The van der Waals surface area contributed by atoms with Gasteiger partial charge in [0.1, 0.15) is 0 Å². The first-order chi connectivity index (χ1) is 7.30. The largest absolute Gasteiger partial charge is 0.479 e. The van der Waals surface area contributed by atoms with Crippen LogP contribution < -0.4 is 5.32 Å². The number of hydrogen-bond acceptors (Lipinski definition) is 3. The van der Waals surface area contributed by atoms with Crippen molar-refractivity contribution in [2.75, 3.05) is 6.54 Å². The minimum absolute atomic E-state index is 0.0471. The zero-order chi connectivity index (χ0) is 12.3. The van der Waals surface area contributed by atoms with Crippen LogP contribution in [0.4, 0.5) is 0 Å². The van der Waals surface area contributed by atoms with Crippen molar-refractivity contribution in [3.05, 3.63) is 0 Å². The summed E-state index contributed by atoms with van der Waals surface area (Å²) in [5.41, 5.74) is 0.213. The quantitative estimate of drug-likeness (QED) is 0.769. The molecule has 0 radical (unpaired) electrons.